The van der Waals surface area contributed by atoms with Crippen molar-refractivity contribution in [3.05, 3.63) is 0 Å². The van der Waals surface area contributed by atoms with Crippen LogP contribution in [0.15, 0.2) is 0 Å². The highest BCUT2D eigenvalue weighted by Crippen LogP contribution is 2.39. The van der Waals surface area contributed by atoms with Crippen molar-refractivity contribution in [2.75, 3.05) is 13.1 Å². The highest BCUT2D eigenvalue weighted by molar-refractivity contribution is 4.87. The standard InChI is InChI=1S/C9H17N/c1-7-2-3-8-6-10-5-4-9(7)8/h7-10H,2-6H2,1H3/t7-,8?,9?/m0/s1. The van der Waals surface area contributed by atoms with Crippen molar-refractivity contribution in [1.29, 1.82) is 0 Å². The van der Waals surface area contributed by atoms with Crippen LogP contribution in [0.25, 0.3) is 0 Å². The first kappa shape index (κ1) is 6.66. The first-order valence-corrected chi connectivity index (χ1v) is 4.58. The van der Waals surface area contributed by atoms with Crippen LogP contribution in [0.5, 0.6) is 0 Å². The molecule has 1 aliphatic carbocycles. The third-order valence-electron chi connectivity index (χ3n) is 3.39. The fourth-order valence-corrected chi connectivity index (χ4v) is 2.70. The van der Waals surface area contributed by atoms with Crippen LogP contribution in [0.1, 0.15) is 26.2 Å². The van der Waals surface area contributed by atoms with E-state index in [1.54, 1.807) is 0 Å². The molecular weight excluding hydrogens is 122 g/mol. The molecule has 0 aromatic carbocycles. The minimum Gasteiger partial charge on any atom is -0.316 e. The van der Waals surface area contributed by atoms with Crippen molar-refractivity contribution in [2.24, 2.45) is 17.8 Å². The van der Waals surface area contributed by atoms with E-state index in [0.717, 1.165) is 17.8 Å². The summed E-state index contributed by atoms with van der Waals surface area (Å²) in [6.45, 7) is 5.00. The predicted molar refractivity (Wildman–Crippen MR) is 42.9 cm³/mol. The van der Waals surface area contributed by atoms with Gasteiger partial charge in [0.25, 0.3) is 0 Å². The molecule has 0 amide bonds. The molecule has 1 saturated heterocycles. The largest absolute Gasteiger partial charge is 0.316 e. The Morgan fingerprint density at radius 3 is 2.90 bits per heavy atom. The van der Waals surface area contributed by atoms with Gasteiger partial charge in [-0.05, 0) is 43.7 Å². The van der Waals surface area contributed by atoms with Crippen molar-refractivity contribution < 1.29 is 0 Å². The molecule has 0 radical (unpaired) electrons. The molecule has 2 unspecified atom stereocenters. The summed E-state index contributed by atoms with van der Waals surface area (Å²) in [7, 11) is 0. The van der Waals surface area contributed by atoms with Crippen molar-refractivity contribution in [3.8, 4) is 0 Å². The lowest BCUT2D eigenvalue weighted by Crippen LogP contribution is -2.35. The lowest BCUT2D eigenvalue weighted by atomic mass is 9.85. The number of hydrogen-bond acceptors (Lipinski definition) is 1. The number of piperidine rings is 1. The number of nitrogens with one attached hydrogen (secondary N) is 1. The van der Waals surface area contributed by atoms with E-state index in [1.807, 2.05) is 0 Å². The Morgan fingerprint density at radius 2 is 2.10 bits per heavy atom. The van der Waals surface area contributed by atoms with Crippen LogP contribution in [0.2, 0.25) is 0 Å². The van der Waals surface area contributed by atoms with E-state index < -0.39 is 0 Å². The molecule has 1 heterocycles. The average Bonchev–Trinajstić information content (AvgIpc) is 2.34. The predicted octanol–water partition coefficient (Wildman–Crippen LogP) is 1.64. The number of hydrogen-bond donors (Lipinski definition) is 1. The Balaban J connectivity index is 2.01. The number of fused-ring (bicyclic) bond motifs is 1. The molecular formula is C9H17N. The molecule has 0 spiro atoms. The third kappa shape index (κ3) is 0.968. The Kier molecular flexibility index (Phi) is 1.69. The molecule has 1 saturated carbocycles. The van der Waals surface area contributed by atoms with Gasteiger partial charge in [0.1, 0.15) is 0 Å². The molecule has 3 atom stereocenters. The van der Waals surface area contributed by atoms with Gasteiger partial charge >= 0.3 is 0 Å². The fourth-order valence-electron chi connectivity index (χ4n) is 2.70. The van der Waals surface area contributed by atoms with Gasteiger partial charge < -0.3 is 5.32 Å². The summed E-state index contributed by atoms with van der Waals surface area (Å²) >= 11 is 0. The molecule has 1 N–H and O–H groups in total. The molecule has 2 fully saturated rings. The van der Waals surface area contributed by atoms with Crippen LogP contribution in [0, 0.1) is 17.8 Å². The lowest BCUT2D eigenvalue weighted by Gasteiger charge is -2.28. The van der Waals surface area contributed by atoms with Gasteiger partial charge in [0, 0.05) is 0 Å². The van der Waals surface area contributed by atoms with Gasteiger partial charge in [0.15, 0.2) is 0 Å². The molecule has 58 valence electrons. The SMILES string of the molecule is C[C@H]1CCC2CNCCC21. The maximum absolute atomic E-state index is 3.48. The van der Waals surface area contributed by atoms with Gasteiger partial charge in [-0.3, -0.25) is 0 Å². The minimum absolute atomic E-state index is 1.02. The van der Waals surface area contributed by atoms with Crippen LogP contribution in [-0.2, 0) is 0 Å². The Bertz CT molecular complexity index is 120. The highest BCUT2D eigenvalue weighted by Gasteiger charge is 2.34. The van der Waals surface area contributed by atoms with E-state index in [0.29, 0.717) is 0 Å². The molecule has 1 nitrogen and oxygen atoms in total. The maximum Gasteiger partial charge on any atom is -0.00178 e. The first-order chi connectivity index (χ1) is 4.88. The van der Waals surface area contributed by atoms with Gasteiger partial charge in [-0.1, -0.05) is 13.3 Å². The first-order valence-electron chi connectivity index (χ1n) is 4.58. The second kappa shape index (κ2) is 2.54. The minimum atomic E-state index is 1.02. The van der Waals surface area contributed by atoms with E-state index >= 15 is 0 Å². The van der Waals surface area contributed by atoms with Crippen molar-refractivity contribution in [1.82, 2.24) is 5.32 Å². The van der Waals surface area contributed by atoms with Crippen LogP contribution in [-0.4, -0.2) is 13.1 Å². The van der Waals surface area contributed by atoms with E-state index in [9.17, 15) is 0 Å². The molecule has 1 heteroatoms. The van der Waals surface area contributed by atoms with Crippen LogP contribution >= 0.6 is 0 Å². The van der Waals surface area contributed by atoms with Gasteiger partial charge in [-0.15, -0.1) is 0 Å². The summed E-state index contributed by atoms with van der Waals surface area (Å²) < 4.78 is 0. The Hall–Kier alpha value is -0.0400. The number of rotatable bonds is 0. The van der Waals surface area contributed by atoms with Gasteiger partial charge in [-0.2, -0.15) is 0 Å². The molecule has 0 bridgehead atoms. The zero-order valence-corrected chi connectivity index (χ0v) is 6.77. The van der Waals surface area contributed by atoms with Crippen LogP contribution in [0.4, 0.5) is 0 Å². The second-order valence-corrected chi connectivity index (χ2v) is 3.97. The van der Waals surface area contributed by atoms with Gasteiger partial charge in [0.2, 0.25) is 0 Å². The lowest BCUT2D eigenvalue weighted by molar-refractivity contribution is 0.253. The summed E-state index contributed by atoms with van der Waals surface area (Å²) in [5, 5.41) is 3.48. The zero-order valence-electron chi connectivity index (χ0n) is 6.77. The van der Waals surface area contributed by atoms with Crippen molar-refractivity contribution in [2.45, 2.75) is 26.2 Å². The maximum atomic E-state index is 3.48. The Labute approximate surface area is 63.2 Å². The molecule has 2 rings (SSSR count). The van der Waals surface area contributed by atoms with E-state index in [2.05, 4.69) is 12.2 Å². The van der Waals surface area contributed by atoms with Crippen molar-refractivity contribution in [3.63, 3.8) is 0 Å². The quantitative estimate of drug-likeness (QED) is 0.538. The van der Waals surface area contributed by atoms with Gasteiger partial charge in [-0.25, -0.2) is 0 Å². The molecule has 10 heavy (non-hydrogen) atoms. The van der Waals surface area contributed by atoms with Crippen molar-refractivity contribution >= 4 is 0 Å². The summed E-state index contributed by atoms with van der Waals surface area (Å²) in [5.41, 5.74) is 0. The summed E-state index contributed by atoms with van der Waals surface area (Å²) in [5.74, 6) is 3.12. The Morgan fingerprint density at radius 1 is 1.20 bits per heavy atom. The van der Waals surface area contributed by atoms with Gasteiger partial charge in [0.05, 0.1) is 0 Å². The topological polar surface area (TPSA) is 12.0 Å². The van der Waals surface area contributed by atoms with E-state index in [-0.39, 0.29) is 0 Å². The monoisotopic (exact) mass is 139 g/mol. The van der Waals surface area contributed by atoms with Crippen LogP contribution in [0.3, 0.4) is 0 Å². The molecule has 2 aliphatic rings. The molecule has 0 aromatic rings. The van der Waals surface area contributed by atoms with Crippen LogP contribution < -0.4 is 5.32 Å². The third-order valence-corrected chi connectivity index (χ3v) is 3.39. The smallest absolute Gasteiger partial charge is 0.00178 e. The molecule has 0 aromatic heterocycles. The summed E-state index contributed by atoms with van der Waals surface area (Å²) in [6.07, 6.45) is 4.40. The summed E-state index contributed by atoms with van der Waals surface area (Å²) in [6, 6.07) is 0. The molecule has 1 aliphatic heterocycles. The van der Waals surface area contributed by atoms with E-state index in [1.165, 1.54) is 32.4 Å². The normalized spacial score (nSPS) is 47.1. The van der Waals surface area contributed by atoms with E-state index in [4.69, 9.17) is 0 Å². The average molecular weight is 139 g/mol. The highest BCUT2D eigenvalue weighted by atomic mass is 14.9. The summed E-state index contributed by atoms with van der Waals surface area (Å²) in [4.78, 5) is 0. The fraction of sp³-hybridized carbons (Fsp3) is 1.00. The zero-order chi connectivity index (χ0) is 6.97. The second-order valence-electron chi connectivity index (χ2n) is 3.97.